The van der Waals surface area contributed by atoms with Gasteiger partial charge in [-0.1, -0.05) is 0 Å². The van der Waals surface area contributed by atoms with E-state index in [9.17, 15) is 0 Å². The Hall–Kier alpha value is 0.634. The fourth-order valence-electron chi connectivity index (χ4n) is 0.472. The Morgan fingerprint density at radius 1 is 1.00 bits per heavy atom. The zero-order valence-electron chi connectivity index (χ0n) is 6.18. The van der Waals surface area contributed by atoms with Gasteiger partial charge in [-0.2, -0.15) is 0 Å². The van der Waals surface area contributed by atoms with Gasteiger partial charge in [0.2, 0.25) is 0 Å². The molecule has 1 aliphatic heterocycles. The quantitative estimate of drug-likeness (QED) is 0.390. The topological polar surface area (TPSA) is 23.3 Å². The van der Waals surface area contributed by atoms with Gasteiger partial charge in [-0.05, 0) is 0 Å². The third-order valence-electron chi connectivity index (χ3n) is 0.787. The predicted octanol–water partition coefficient (Wildman–Crippen LogP) is 1.29. The summed E-state index contributed by atoms with van der Waals surface area (Å²) in [5.41, 5.74) is 0. The van der Waals surface area contributed by atoms with Crippen LogP contribution in [-0.2, 0) is 26.5 Å². The van der Waals surface area contributed by atoms with Crippen molar-refractivity contribution >= 4 is 0 Å². The summed E-state index contributed by atoms with van der Waals surface area (Å²) < 4.78 is 4.98. The molecule has 1 heterocycles. The number of ether oxygens (including phenoxy) is 1. The molecule has 3 heteroatoms. The Kier molecular flexibility index (Phi) is 20.7. The van der Waals surface area contributed by atoms with Gasteiger partial charge in [0.05, 0.1) is 0 Å². The summed E-state index contributed by atoms with van der Waals surface area (Å²) in [5, 5.41) is 4.05. The molecule has 0 aliphatic carbocycles. The summed E-state index contributed by atoms with van der Waals surface area (Å²) in [5.74, 6) is 0. The van der Waals surface area contributed by atoms with Gasteiger partial charge in [-0.15, -0.1) is 13.1 Å². The van der Waals surface area contributed by atoms with E-state index in [1.165, 1.54) is 0 Å². The number of rotatable bonds is 0. The standard InChI is InChI=1S/C4H8NO.2CH3.Ti/c1-3-6-4-2-5-1;;;/h1-4H2;2*1H3;/q3*-1;+3. The maximum atomic E-state index is 4.98. The third-order valence-corrected chi connectivity index (χ3v) is 0.787. The van der Waals surface area contributed by atoms with Gasteiger partial charge in [-0.3, -0.25) is 0 Å². The van der Waals surface area contributed by atoms with Crippen LogP contribution in [0, 0.1) is 14.9 Å². The van der Waals surface area contributed by atoms with Crippen molar-refractivity contribution < 1.29 is 26.5 Å². The Bertz CT molecular complexity index is 28.5. The fraction of sp³-hybridized carbons (Fsp3) is 0.667. The van der Waals surface area contributed by atoms with Gasteiger partial charge >= 0.3 is 21.7 Å². The molecule has 0 unspecified atom stereocenters. The SMILES string of the molecule is C1COCC[N-]1.[CH3-].[CH3-].[Ti+3]. The minimum atomic E-state index is 0. The molecule has 1 rings (SSSR count). The molecule has 9 heavy (non-hydrogen) atoms. The van der Waals surface area contributed by atoms with E-state index in [0.29, 0.717) is 0 Å². The summed E-state index contributed by atoms with van der Waals surface area (Å²) >= 11 is 0. The minimum Gasteiger partial charge on any atom is -0.659 e. The molecule has 0 saturated carbocycles. The fourth-order valence-corrected chi connectivity index (χ4v) is 0.472. The van der Waals surface area contributed by atoms with Crippen molar-refractivity contribution in [1.29, 1.82) is 0 Å². The van der Waals surface area contributed by atoms with Gasteiger partial charge < -0.3 is 24.9 Å². The molecule has 0 amide bonds. The van der Waals surface area contributed by atoms with Gasteiger partial charge in [0.25, 0.3) is 0 Å². The normalized spacial score (nSPS) is 16.0. The largest absolute Gasteiger partial charge is 3.00 e. The van der Waals surface area contributed by atoms with Crippen molar-refractivity contribution in [3.05, 3.63) is 20.2 Å². The second-order valence-electron chi connectivity index (χ2n) is 1.28. The number of hydrogen-bond acceptors (Lipinski definition) is 1. The van der Waals surface area contributed by atoms with Crippen LogP contribution >= 0.6 is 0 Å². The zero-order valence-corrected chi connectivity index (χ0v) is 7.75. The van der Waals surface area contributed by atoms with E-state index in [-0.39, 0.29) is 36.6 Å². The smallest absolute Gasteiger partial charge is 0.659 e. The van der Waals surface area contributed by atoms with E-state index in [1.807, 2.05) is 0 Å². The van der Waals surface area contributed by atoms with Crippen LogP contribution in [0.4, 0.5) is 0 Å². The molecule has 0 atom stereocenters. The van der Waals surface area contributed by atoms with E-state index in [2.05, 4.69) is 5.32 Å². The summed E-state index contributed by atoms with van der Waals surface area (Å²) in [6.07, 6.45) is 0. The van der Waals surface area contributed by atoms with Crippen LogP contribution in [0.2, 0.25) is 0 Å². The van der Waals surface area contributed by atoms with Crippen molar-refractivity contribution in [3.8, 4) is 0 Å². The van der Waals surface area contributed by atoms with Crippen LogP contribution in [0.25, 0.3) is 5.32 Å². The molecule has 1 radical (unpaired) electrons. The van der Waals surface area contributed by atoms with E-state index in [4.69, 9.17) is 4.74 Å². The van der Waals surface area contributed by atoms with Crippen LogP contribution in [0.15, 0.2) is 0 Å². The van der Waals surface area contributed by atoms with Crippen LogP contribution in [0.3, 0.4) is 0 Å². The summed E-state index contributed by atoms with van der Waals surface area (Å²) in [6.45, 7) is 3.47. The van der Waals surface area contributed by atoms with Crippen molar-refractivity contribution in [2.75, 3.05) is 26.3 Å². The molecule has 53 valence electrons. The molecule has 2 nitrogen and oxygen atoms in total. The first-order chi connectivity index (χ1) is 3.00. The minimum absolute atomic E-state index is 0. The summed E-state index contributed by atoms with van der Waals surface area (Å²) in [7, 11) is 0. The number of morpholine rings is 1. The molecule has 0 aromatic carbocycles. The Morgan fingerprint density at radius 2 is 1.44 bits per heavy atom. The van der Waals surface area contributed by atoms with Crippen molar-refractivity contribution in [2.24, 2.45) is 0 Å². The Labute approximate surface area is 73.2 Å². The summed E-state index contributed by atoms with van der Waals surface area (Å²) in [6, 6.07) is 0. The molecule has 0 spiro atoms. The molecular weight excluding hydrogens is 150 g/mol. The number of nitrogens with zero attached hydrogens (tertiary/aromatic N) is 1. The number of hydrogen-bond donors (Lipinski definition) is 0. The van der Waals surface area contributed by atoms with Crippen LogP contribution in [0.1, 0.15) is 0 Å². The maximum Gasteiger partial charge on any atom is 3.00 e. The first-order valence-electron chi connectivity index (χ1n) is 2.21. The van der Waals surface area contributed by atoms with Crippen molar-refractivity contribution in [2.45, 2.75) is 0 Å². The average molecular weight is 164 g/mol. The van der Waals surface area contributed by atoms with E-state index < -0.39 is 0 Å². The van der Waals surface area contributed by atoms with Crippen LogP contribution < -0.4 is 0 Å². The van der Waals surface area contributed by atoms with E-state index in [1.54, 1.807) is 0 Å². The van der Waals surface area contributed by atoms with Crippen LogP contribution in [-0.4, -0.2) is 26.3 Å². The van der Waals surface area contributed by atoms with Crippen molar-refractivity contribution in [3.63, 3.8) is 0 Å². The Balaban J connectivity index is -0.000000120. The Morgan fingerprint density at radius 3 is 1.56 bits per heavy atom. The van der Waals surface area contributed by atoms with E-state index in [0.717, 1.165) is 26.3 Å². The average Bonchev–Trinajstić information content (AvgIpc) is 1.72. The molecule has 0 aromatic rings. The van der Waals surface area contributed by atoms with E-state index >= 15 is 0 Å². The van der Waals surface area contributed by atoms with Gasteiger partial charge in [0.1, 0.15) is 0 Å². The first kappa shape index (κ1) is 16.3. The molecule has 0 N–H and O–H groups in total. The molecular formula is C6H14NOTi. The molecule has 0 bridgehead atoms. The second kappa shape index (κ2) is 11.4. The third kappa shape index (κ3) is 8.63. The maximum absolute atomic E-state index is 4.98. The predicted molar refractivity (Wildman–Crippen MR) is 36.7 cm³/mol. The van der Waals surface area contributed by atoms with Gasteiger partial charge in [0, 0.05) is 13.2 Å². The zero-order chi connectivity index (χ0) is 4.24. The molecule has 1 aliphatic rings. The first-order valence-corrected chi connectivity index (χ1v) is 2.21. The molecule has 1 saturated heterocycles. The van der Waals surface area contributed by atoms with Gasteiger partial charge in [-0.25, -0.2) is 0 Å². The van der Waals surface area contributed by atoms with Gasteiger partial charge in [0.15, 0.2) is 0 Å². The summed E-state index contributed by atoms with van der Waals surface area (Å²) in [4.78, 5) is 0. The monoisotopic (exact) mass is 164 g/mol. The second-order valence-corrected chi connectivity index (χ2v) is 1.28. The van der Waals surface area contributed by atoms with Crippen LogP contribution in [0.5, 0.6) is 0 Å². The molecule has 0 aromatic heterocycles. The molecule has 1 fully saturated rings. The van der Waals surface area contributed by atoms with Crippen molar-refractivity contribution in [1.82, 2.24) is 0 Å².